The first-order chi connectivity index (χ1) is 11.2. The molecule has 0 unspecified atom stereocenters. The average molecular weight is 322 g/mol. The summed E-state index contributed by atoms with van der Waals surface area (Å²) in [4.78, 5) is 12.5. The van der Waals surface area contributed by atoms with E-state index in [1.165, 1.54) is 71.4 Å². The molecule has 0 bridgehead atoms. The van der Waals surface area contributed by atoms with Crippen molar-refractivity contribution in [2.24, 2.45) is 10.4 Å². The highest BCUT2D eigenvalue weighted by atomic mass is 15.3. The van der Waals surface area contributed by atoms with Crippen molar-refractivity contribution in [2.75, 3.05) is 66.0 Å². The topological polar surface area (TPSA) is 34.1 Å². The van der Waals surface area contributed by atoms with Crippen molar-refractivity contribution in [3.05, 3.63) is 0 Å². The Labute approximate surface area is 142 Å². The van der Waals surface area contributed by atoms with Crippen LogP contribution in [0.2, 0.25) is 0 Å². The molecule has 0 amide bonds. The molecule has 0 aromatic heterocycles. The molecule has 5 nitrogen and oxygen atoms in total. The second kappa shape index (κ2) is 7.84. The summed E-state index contributed by atoms with van der Waals surface area (Å²) in [5.41, 5.74) is 0.644. The molecule has 5 heteroatoms. The molecule has 1 spiro atoms. The maximum absolute atomic E-state index is 4.94. The van der Waals surface area contributed by atoms with Gasteiger partial charge in [0.05, 0.1) is 6.54 Å². The highest BCUT2D eigenvalue weighted by Gasteiger charge is 2.43. The maximum Gasteiger partial charge on any atom is 0.193 e. The summed E-state index contributed by atoms with van der Waals surface area (Å²) in [5, 5.41) is 3.52. The van der Waals surface area contributed by atoms with Gasteiger partial charge in [0, 0.05) is 39.3 Å². The molecule has 3 fully saturated rings. The monoisotopic (exact) mass is 321 g/mol. The minimum Gasteiger partial charge on any atom is -0.357 e. The number of nitrogens with one attached hydrogen (secondary N) is 1. The fourth-order valence-corrected chi connectivity index (χ4v) is 4.25. The van der Waals surface area contributed by atoms with Gasteiger partial charge >= 0.3 is 0 Å². The van der Waals surface area contributed by atoms with Crippen LogP contribution in [-0.2, 0) is 0 Å². The summed E-state index contributed by atoms with van der Waals surface area (Å²) in [7, 11) is 2.23. The Balaban J connectivity index is 1.48. The Morgan fingerprint density at radius 1 is 1.04 bits per heavy atom. The zero-order valence-corrected chi connectivity index (χ0v) is 15.2. The molecule has 2 saturated heterocycles. The van der Waals surface area contributed by atoms with Crippen molar-refractivity contribution in [2.45, 2.75) is 39.0 Å². The Kier molecular flexibility index (Phi) is 5.81. The fraction of sp³-hybridized carbons (Fsp3) is 0.944. The lowest BCUT2D eigenvalue weighted by atomic mass is 9.68. The summed E-state index contributed by atoms with van der Waals surface area (Å²) in [6.45, 7) is 12.4. The van der Waals surface area contributed by atoms with Gasteiger partial charge in [-0.2, -0.15) is 0 Å². The normalized spacial score (nSPS) is 26.3. The van der Waals surface area contributed by atoms with Gasteiger partial charge in [-0.15, -0.1) is 0 Å². The lowest BCUT2D eigenvalue weighted by Crippen LogP contribution is -2.43. The SMILES string of the molecule is CCNC(=NCCN1CCCN(C)CC1)N1CCC2(CCC2)C1. The van der Waals surface area contributed by atoms with E-state index in [1.807, 2.05) is 0 Å². The fourth-order valence-electron chi connectivity index (χ4n) is 4.25. The molecule has 132 valence electrons. The van der Waals surface area contributed by atoms with Crippen LogP contribution in [0, 0.1) is 5.41 Å². The van der Waals surface area contributed by atoms with E-state index in [0.717, 1.165) is 25.6 Å². The Morgan fingerprint density at radius 3 is 2.61 bits per heavy atom. The van der Waals surface area contributed by atoms with Crippen molar-refractivity contribution in [3.63, 3.8) is 0 Å². The molecular formula is C18H35N5. The van der Waals surface area contributed by atoms with Gasteiger partial charge in [0.25, 0.3) is 0 Å². The Bertz CT molecular complexity index is 404. The number of guanidine groups is 1. The van der Waals surface area contributed by atoms with E-state index in [9.17, 15) is 0 Å². The smallest absolute Gasteiger partial charge is 0.193 e. The molecule has 0 aromatic carbocycles. The van der Waals surface area contributed by atoms with Gasteiger partial charge in [-0.25, -0.2) is 0 Å². The van der Waals surface area contributed by atoms with Crippen LogP contribution in [0.15, 0.2) is 4.99 Å². The predicted molar refractivity (Wildman–Crippen MR) is 97.0 cm³/mol. The number of aliphatic imine (C=N–C) groups is 1. The molecule has 3 aliphatic rings. The summed E-state index contributed by atoms with van der Waals surface area (Å²) < 4.78 is 0. The molecule has 1 N–H and O–H groups in total. The van der Waals surface area contributed by atoms with E-state index in [1.54, 1.807) is 0 Å². The van der Waals surface area contributed by atoms with Gasteiger partial charge in [0.15, 0.2) is 5.96 Å². The maximum atomic E-state index is 4.94. The second-order valence-electron chi connectivity index (χ2n) is 7.76. The van der Waals surface area contributed by atoms with Crippen LogP contribution in [0.5, 0.6) is 0 Å². The number of hydrogen-bond donors (Lipinski definition) is 1. The van der Waals surface area contributed by atoms with Gasteiger partial charge in [0.1, 0.15) is 0 Å². The highest BCUT2D eigenvalue weighted by Crippen LogP contribution is 2.47. The minimum absolute atomic E-state index is 0.644. The molecule has 23 heavy (non-hydrogen) atoms. The van der Waals surface area contributed by atoms with Crippen LogP contribution >= 0.6 is 0 Å². The standard InChI is InChI=1S/C18H35N5/c1-3-19-17(23-12-8-18(16-23)6-4-7-18)20-9-13-22-11-5-10-21(2)14-15-22/h3-16H2,1-2H3,(H,19,20). The summed E-state index contributed by atoms with van der Waals surface area (Å²) >= 11 is 0. The highest BCUT2D eigenvalue weighted by molar-refractivity contribution is 5.80. The van der Waals surface area contributed by atoms with E-state index < -0.39 is 0 Å². The first-order valence-corrected chi connectivity index (χ1v) is 9.65. The van der Waals surface area contributed by atoms with Crippen LogP contribution in [-0.4, -0.2) is 86.6 Å². The van der Waals surface area contributed by atoms with E-state index in [-0.39, 0.29) is 0 Å². The summed E-state index contributed by atoms with van der Waals surface area (Å²) in [6, 6.07) is 0. The third kappa shape index (κ3) is 4.38. The molecule has 0 atom stereocenters. The number of nitrogens with zero attached hydrogens (tertiary/aromatic N) is 4. The second-order valence-corrected chi connectivity index (χ2v) is 7.76. The first kappa shape index (κ1) is 17.0. The quantitative estimate of drug-likeness (QED) is 0.628. The Morgan fingerprint density at radius 2 is 1.91 bits per heavy atom. The van der Waals surface area contributed by atoms with Crippen molar-refractivity contribution in [1.29, 1.82) is 0 Å². The number of rotatable bonds is 4. The van der Waals surface area contributed by atoms with Gasteiger partial charge < -0.3 is 20.0 Å². The van der Waals surface area contributed by atoms with Crippen molar-refractivity contribution >= 4 is 5.96 Å². The zero-order chi connectivity index (χ0) is 16.1. The largest absolute Gasteiger partial charge is 0.357 e. The van der Waals surface area contributed by atoms with E-state index in [4.69, 9.17) is 4.99 Å². The van der Waals surface area contributed by atoms with Crippen LogP contribution in [0.4, 0.5) is 0 Å². The van der Waals surface area contributed by atoms with Gasteiger partial charge in [-0.1, -0.05) is 6.42 Å². The zero-order valence-electron chi connectivity index (χ0n) is 15.2. The van der Waals surface area contributed by atoms with Gasteiger partial charge in [-0.05, 0) is 58.2 Å². The third-order valence-electron chi connectivity index (χ3n) is 5.98. The molecule has 3 rings (SSSR count). The molecule has 1 aliphatic carbocycles. The lowest BCUT2D eigenvalue weighted by Gasteiger charge is -2.38. The summed E-state index contributed by atoms with van der Waals surface area (Å²) in [6.07, 6.45) is 6.96. The average Bonchev–Trinajstić information content (AvgIpc) is 2.87. The molecule has 0 aromatic rings. The molecular weight excluding hydrogens is 286 g/mol. The lowest BCUT2D eigenvalue weighted by molar-refractivity contribution is 0.151. The van der Waals surface area contributed by atoms with Crippen molar-refractivity contribution in [1.82, 2.24) is 20.0 Å². The third-order valence-corrected chi connectivity index (χ3v) is 5.98. The van der Waals surface area contributed by atoms with Gasteiger partial charge in [0.2, 0.25) is 0 Å². The number of likely N-dealkylation sites (N-methyl/N-ethyl adjacent to an activating group) is 1. The van der Waals surface area contributed by atoms with Crippen LogP contribution < -0.4 is 5.32 Å². The van der Waals surface area contributed by atoms with Gasteiger partial charge in [-0.3, -0.25) is 4.99 Å². The van der Waals surface area contributed by atoms with E-state index >= 15 is 0 Å². The van der Waals surface area contributed by atoms with E-state index in [0.29, 0.717) is 5.41 Å². The number of likely N-dealkylation sites (tertiary alicyclic amines) is 1. The Hall–Kier alpha value is -0.810. The van der Waals surface area contributed by atoms with Crippen LogP contribution in [0.3, 0.4) is 0 Å². The molecule has 2 heterocycles. The van der Waals surface area contributed by atoms with Crippen molar-refractivity contribution in [3.8, 4) is 0 Å². The van der Waals surface area contributed by atoms with Crippen LogP contribution in [0.1, 0.15) is 39.0 Å². The predicted octanol–water partition coefficient (Wildman–Crippen LogP) is 1.47. The molecule has 0 radical (unpaired) electrons. The number of hydrogen-bond acceptors (Lipinski definition) is 3. The van der Waals surface area contributed by atoms with Crippen LogP contribution in [0.25, 0.3) is 0 Å². The molecule has 1 saturated carbocycles. The van der Waals surface area contributed by atoms with E-state index in [2.05, 4.69) is 34.0 Å². The molecule has 2 aliphatic heterocycles. The first-order valence-electron chi connectivity index (χ1n) is 9.65. The minimum atomic E-state index is 0.644. The summed E-state index contributed by atoms with van der Waals surface area (Å²) in [5.74, 6) is 1.16. The van der Waals surface area contributed by atoms with Crippen molar-refractivity contribution < 1.29 is 0 Å².